The Balaban J connectivity index is 3.49. The predicted octanol–water partition coefficient (Wildman–Crippen LogP) is -1.93. The molecule has 1 saturated heterocycles. The molecule has 0 aliphatic carbocycles. The van der Waals surface area contributed by atoms with E-state index in [1.165, 1.54) is 0 Å². The van der Waals surface area contributed by atoms with Crippen LogP contribution in [0, 0.1) is 70.8 Å². The second kappa shape index (κ2) is 7.64. The van der Waals surface area contributed by atoms with Gasteiger partial charge in [0.1, 0.15) is 32.8 Å². The Morgan fingerprint density at radius 3 is 1.17 bits per heavy atom. The summed E-state index contributed by atoms with van der Waals surface area (Å²) in [6, 6.07) is 0. The van der Waals surface area contributed by atoms with Crippen molar-refractivity contribution in [3.63, 3.8) is 0 Å². The molecule has 22 nitrogen and oxygen atoms in total. The third-order valence-corrected chi connectivity index (χ3v) is 4.52. The number of nitro groups is 7. The molecule has 1 heterocycles. The van der Waals surface area contributed by atoms with E-state index in [-0.39, 0.29) is 4.90 Å². The Hall–Kier alpha value is -4.24. The molecule has 0 radical (unpaired) electrons. The Morgan fingerprint density at radius 2 is 0.933 bits per heavy atom. The lowest BCUT2D eigenvalue weighted by atomic mass is 9.90. The van der Waals surface area contributed by atoms with E-state index in [4.69, 9.17) is 0 Å². The third-order valence-electron chi connectivity index (χ3n) is 4.52. The van der Waals surface area contributed by atoms with Crippen molar-refractivity contribution in [2.24, 2.45) is 0 Å². The van der Waals surface area contributed by atoms with Gasteiger partial charge in [0.25, 0.3) is 0 Å². The molecule has 0 aromatic heterocycles. The van der Waals surface area contributed by atoms with Crippen LogP contribution in [0.3, 0.4) is 0 Å². The molecule has 0 atom stereocenters. The van der Waals surface area contributed by atoms with E-state index in [1.807, 2.05) is 0 Å². The zero-order valence-electron chi connectivity index (χ0n) is 14.3. The molecule has 0 unspecified atom stereocenters. The van der Waals surface area contributed by atoms with Gasteiger partial charge in [-0.1, -0.05) is 0 Å². The molecular weight excluding hydrogens is 432 g/mol. The molecule has 0 aromatic rings. The molecule has 0 bridgehead atoms. The second-order valence-corrected chi connectivity index (χ2v) is 6.18. The van der Waals surface area contributed by atoms with Crippen LogP contribution in [0.5, 0.6) is 0 Å². The van der Waals surface area contributed by atoms with Crippen LogP contribution in [0.2, 0.25) is 0 Å². The molecule has 0 amide bonds. The average Bonchev–Trinajstić information content (AvgIpc) is 2.60. The lowest BCUT2D eigenvalue weighted by Gasteiger charge is -2.33. The molecule has 30 heavy (non-hydrogen) atoms. The minimum Gasteiger partial charge on any atom is -0.276 e. The van der Waals surface area contributed by atoms with E-state index in [0.717, 1.165) is 0 Å². The SMILES string of the molecule is O=[N+]([O-])C1([N+](=O)[O-])CN(CCC([N+](=O)[O-])([N+](=O)[O-])[N+](=O)[O-])CC([N+](=O)[O-])([N+](=O)[O-])C1. The third kappa shape index (κ3) is 3.45. The molecule has 0 N–H and O–H groups in total. The number of piperidine rings is 1. The highest BCUT2D eigenvalue weighted by atomic mass is 16.7. The van der Waals surface area contributed by atoms with Gasteiger partial charge < -0.3 is 0 Å². The minimum absolute atomic E-state index is 0.242. The maximum absolute atomic E-state index is 11.3. The first-order valence-corrected chi connectivity index (χ1v) is 7.34. The van der Waals surface area contributed by atoms with Crippen molar-refractivity contribution >= 4 is 0 Å². The summed E-state index contributed by atoms with van der Waals surface area (Å²) < 4.78 is 0. The summed E-state index contributed by atoms with van der Waals surface area (Å²) in [7, 11) is 0. The maximum atomic E-state index is 11.3. The quantitative estimate of drug-likeness (QED) is 0.202. The molecule has 1 aliphatic rings. The van der Waals surface area contributed by atoms with E-state index in [2.05, 4.69) is 0 Å². The van der Waals surface area contributed by atoms with E-state index in [0.29, 0.717) is 0 Å². The molecule has 22 heteroatoms. The summed E-state index contributed by atoms with van der Waals surface area (Å²) in [4.78, 5) is 66.0. The first-order chi connectivity index (χ1) is 13.6. The summed E-state index contributed by atoms with van der Waals surface area (Å²) in [5.74, 6) is -4.09. The van der Waals surface area contributed by atoms with Crippen LogP contribution in [-0.4, -0.2) is 76.1 Å². The first-order valence-electron chi connectivity index (χ1n) is 7.34. The zero-order chi connectivity index (χ0) is 23.7. The van der Waals surface area contributed by atoms with Crippen molar-refractivity contribution in [2.75, 3.05) is 19.6 Å². The van der Waals surface area contributed by atoms with Crippen LogP contribution >= 0.6 is 0 Å². The normalized spacial score (nSPS) is 18.1. The standard InChI is InChI=1S/C8H10N8O14/c17-10(18)6(11(19)20)3-7(12(21)22,13(23)24)5-9(4-6)2-1-8(14(25)26,15(27)28)16(29)30/h1-5H2. The molecular formula is C8H10N8O14. The Morgan fingerprint density at radius 1 is 0.633 bits per heavy atom. The van der Waals surface area contributed by atoms with Crippen LogP contribution in [0.25, 0.3) is 0 Å². The van der Waals surface area contributed by atoms with Gasteiger partial charge in [0.2, 0.25) is 6.42 Å². The number of nitrogens with zero attached hydrogens (tertiary/aromatic N) is 8. The summed E-state index contributed by atoms with van der Waals surface area (Å²) in [6.07, 6.45) is -3.46. The van der Waals surface area contributed by atoms with Crippen molar-refractivity contribution in [3.05, 3.63) is 70.8 Å². The Kier molecular flexibility index (Phi) is 6.06. The predicted molar refractivity (Wildman–Crippen MR) is 82.8 cm³/mol. The van der Waals surface area contributed by atoms with Gasteiger partial charge in [-0.2, -0.15) is 0 Å². The highest BCUT2D eigenvalue weighted by Gasteiger charge is 2.77. The van der Waals surface area contributed by atoms with Gasteiger partial charge >= 0.3 is 17.1 Å². The van der Waals surface area contributed by atoms with Crippen LogP contribution in [-0.2, 0) is 0 Å². The lowest BCUT2D eigenvalue weighted by Crippen LogP contribution is -2.70. The molecule has 166 valence electrons. The zero-order valence-corrected chi connectivity index (χ0v) is 14.3. The average molecular weight is 442 g/mol. The van der Waals surface area contributed by atoms with Gasteiger partial charge in [-0.15, -0.1) is 0 Å². The lowest BCUT2D eigenvalue weighted by molar-refractivity contribution is -0.970. The highest BCUT2D eigenvalue weighted by Crippen LogP contribution is 2.35. The molecule has 0 aromatic carbocycles. The van der Waals surface area contributed by atoms with Gasteiger partial charge in [0, 0.05) is 6.54 Å². The molecule has 1 rings (SSSR count). The van der Waals surface area contributed by atoms with Gasteiger partial charge in [-0.25, -0.2) is 0 Å². The molecule has 0 spiro atoms. The summed E-state index contributed by atoms with van der Waals surface area (Å²) in [5, 5.41) is 78.0. The van der Waals surface area contributed by atoms with E-state index >= 15 is 0 Å². The largest absolute Gasteiger partial charge is 0.701 e. The fraction of sp³-hybridized carbons (Fsp3) is 1.00. The summed E-state index contributed by atoms with van der Waals surface area (Å²) in [5.41, 5.74) is -7.06. The van der Waals surface area contributed by atoms with E-state index < -0.39 is 84.1 Å². The fourth-order valence-corrected chi connectivity index (χ4v) is 2.90. The fourth-order valence-electron chi connectivity index (χ4n) is 2.90. The Bertz CT molecular complexity index is 736. The molecule has 1 fully saturated rings. The van der Waals surface area contributed by atoms with Gasteiger partial charge in [-0.3, -0.25) is 75.7 Å². The smallest absolute Gasteiger partial charge is 0.276 e. The van der Waals surface area contributed by atoms with Crippen LogP contribution in [0.15, 0.2) is 0 Å². The van der Waals surface area contributed by atoms with Crippen molar-refractivity contribution < 1.29 is 34.5 Å². The number of hydrogen-bond acceptors (Lipinski definition) is 15. The molecule has 1 aliphatic heterocycles. The minimum atomic E-state index is -4.09. The van der Waals surface area contributed by atoms with Crippen LogP contribution in [0.1, 0.15) is 12.8 Å². The maximum Gasteiger partial charge on any atom is 0.701 e. The number of hydrogen-bond donors (Lipinski definition) is 0. The monoisotopic (exact) mass is 442 g/mol. The van der Waals surface area contributed by atoms with Gasteiger partial charge in [-0.05, 0) is 0 Å². The van der Waals surface area contributed by atoms with E-state index in [1.54, 1.807) is 0 Å². The summed E-state index contributed by atoms with van der Waals surface area (Å²) in [6.45, 7) is -4.06. The van der Waals surface area contributed by atoms with Gasteiger partial charge in [0.05, 0.1) is 0 Å². The molecule has 0 saturated carbocycles. The number of likely N-dealkylation sites (tertiary alicyclic amines) is 1. The first kappa shape index (κ1) is 23.8. The van der Waals surface area contributed by atoms with E-state index in [9.17, 15) is 70.8 Å². The van der Waals surface area contributed by atoms with Crippen molar-refractivity contribution in [1.82, 2.24) is 4.90 Å². The van der Waals surface area contributed by atoms with Crippen molar-refractivity contribution in [3.8, 4) is 0 Å². The van der Waals surface area contributed by atoms with Crippen LogP contribution < -0.4 is 0 Å². The van der Waals surface area contributed by atoms with Crippen molar-refractivity contribution in [1.29, 1.82) is 0 Å². The van der Waals surface area contributed by atoms with Crippen LogP contribution in [0.4, 0.5) is 0 Å². The second-order valence-electron chi connectivity index (χ2n) is 6.18. The summed E-state index contributed by atoms with van der Waals surface area (Å²) >= 11 is 0. The Labute approximate surface area is 161 Å². The topological polar surface area (TPSA) is 305 Å². The highest BCUT2D eigenvalue weighted by molar-refractivity contribution is 4.90. The van der Waals surface area contributed by atoms with Crippen molar-refractivity contribution in [2.45, 2.75) is 30.0 Å². The van der Waals surface area contributed by atoms with Gasteiger partial charge in [0.15, 0.2) is 21.2 Å². The number of rotatable bonds is 10.